The minimum absolute atomic E-state index is 0.392. The lowest BCUT2D eigenvalue weighted by Crippen LogP contribution is -2.34. The Morgan fingerprint density at radius 3 is 2.67 bits per heavy atom. The highest BCUT2D eigenvalue weighted by atomic mass is 16.5. The minimum Gasteiger partial charge on any atom is -0.497 e. The Morgan fingerprint density at radius 2 is 2.00 bits per heavy atom. The van der Waals surface area contributed by atoms with E-state index in [2.05, 4.69) is 42.5 Å². The highest BCUT2D eigenvalue weighted by Crippen LogP contribution is 2.24. The molecule has 0 spiro atoms. The van der Waals surface area contributed by atoms with Crippen molar-refractivity contribution in [2.45, 2.75) is 38.1 Å². The standard InChI is InChI=1S/C18H30N2O/c1-20(2)18(16-10-7-11-17(12-16)21-3)14-19-13-15-8-5-4-6-9-15/h7,10-12,15,18-19H,4-6,8-9,13-14H2,1-3H3. The van der Waals surface area contributed by atoms with Gasteiger partial charge in [0.2, 0.25) is 0 Å². The van der Waals surface area contributed by atoms with Crippen molar-refractivity contribution in [3.63, 3.8) is 0 Å². The van der Waals surface area contributed by atoms with Gasteiger partial charge in [-0.2, -0.15) is 0 Å². The van der Waals surface area contributed by atoms with Crippen LogP contribution in [0.15, 0.2) is 24.3 Å². The van der Waals surface area contributed by atoms with Gasteiger partial charge in [0.1, 0.15) is 5.75 Å². The van der Waals surface area contributed by atoms with Crippen molar-refractivity contribution in [3.05, 3.63) is 29.8 Å². The molecule has 1 N–H and O–H groups in total. The zero-order valence-electron chi connectivity index (χ0n) is 13.8. The summed E-state index contributed by atoms with van der Waals surface area (Å²) in [5.74, 6) is 1.82. The molecule has 0 saturated heterocycles. The molecule has 1 atom stereocenters. The quantitative estimate of drug-likeness (QED) is 0.832. The fourth-order valence-corrected chi connectivity index (χ4v) is 3.26. The number of benzene rings is 1. The third-order valence-electron chi connectivity index (χ3n) is 4.60. The van der Waals surface area contributed by atoms with Crippen molar-refractivity contribution in [1.82, 2.24) is 10.2 Å². The monoisotopic (exact) mass is 290 g/mol. The van der Waals surface area contributed by atoms with Crippen molar-refractivity contribution in [1.29, 1.82) is 0 Å². The normalized spacial score (nSPS) is 17.9. The van der Waals surface area contributed by atoms with Crippen LogP contribution in [0.5, 0.6) is 5.75 Å². The molecule has 3 nitrogen and oxygen atoms in total. The van der Waals surface area contributed by atoms with Crippen LogP contribution in [0.3, 0.4) is 0 Å². The first-order valence-corrected chi connectivity index (χ1v) is 8.22. The Morgan fingerprint density at radius 1 is 1.24 bits per heavy atom. The summed E-state index contributed by atoms with van der Waals surface area (Å²) in [5, 5.41) is 3.69. The van der Waals surface area contributed by atoms with E-state index in [1.54, 1.807) is 7.11 Å². The molecular formula is C18H30N2O. The number of methoxy groups -OCH3 is 1. The molecule has 1 aromatic rings. The molecule has 0 aliphatic heterocycles. The molecule has 1 unspecified atom stereocenters. The number of nitrogens with zero attached hydrogens (tertiary/aromatic N) is 1. The lowest BCUT2D eigenvalue weighted by molar-refractivity contribution is 0.272. The number of hydrogen-bond donors (Lipinski definition) is 1. The summed E-state index contributed by atoms with van der Waals surface area (Å²) < 4.78 is 5.35. The van der Waals surface area contributed by atoms with E-state index in [1.807, 2.05) is 6.07 Å². The molecule has 2 rings (SSSR count). The summed E-state index contributed by atoms with van der Waals surface area (Å²) in [7, 11) is 6.02. The van der Waals surface area contributed by atoms with Crippen molar-refractivity contribution in [2.75, 3.05) is 34.3 Å². The van der Waals surface area contributed by atoms with Gasteiger partial charge in [0.15, 0.2) is 0 Å². The Balaban J connectivity index is 1.89. The molecule has 0 heterocycles. The third kappa shape index (κ3) is 5.01. The average molecular weight is 290 g/mol. The summed E-state index contributed by atoms with van der Waals surface area (Å²) in [4.78, 5) is 2.28. The number of likely N-dealkylation sites (N-methyl/N-ethyl adjacent to an activating group) is 1. The van der Waals surface area contributed by atoms with Crippen LogP contribution in [-0.2, 0) is 0 Å². The smallest absolute Gasteiger partial charge is 0.119 e. The second kappa shape index (κ2) is 8.40. The molecule has 1 fully saturated rings. The first-order valence-electron chi connectivity index (χ1n) is 8.22. The molecule has 3 heteroatoms. The van der Waals surface area contributed by atoms with Gasteiger partial charge in [0, 0.05) is 12.6 Å². The van der Waals surface area contributed by atoms with Crippen LogP contribution < -0.4 is 10.1 Å². The Hall–Kier alpha value is -1.06. The topological polar surface area (TPSA) is 24.5 Å². The first-order chi connectivity index (χ1) is 10.2. The van der Waals surface area contributed by atoms with Crippen LogP contribution in [0.25, 0.3) is 0 Å². The highest BCUT2D eigenvalue weighted by molar-refractivity contribution is 5.30. The number of ether oxygens (including phenoxy) is 1. The van der Waals surface area contributed by atoms with E-state index in [0.29, 0.717) is 6.04 Å². The predicted molar refractivity (Wildman–Crippen MR) is 88.9 cm³/mol. The zero-order chi connectivity index (χ0) is 15.1. The molecule has 118 valence electrons. The minimum atomic E-state index is 0.392. The van der Waals surface area contributed by atoms with Crippen LogP contribution >= 0.6 is 0 Å². The lowest BCUT2D eigenvalue weighted by Gasteiger charge is -2.27. The van der Waals surface area contributed by atoms with Gasteiger partial charge in [-0.3, -0.25) is 0 Å². The van der Waals surface area contributed by atoms with Crippen LogP contribution in [0.1, 0.15) is 43.7 Å². The van der Waals surface area contributed by atoms with Crippen molar-refractivity contribution in [2.24, 2.45) is 5.92 Å². The summed E-state index contributed by atoms with van der Waals surface area (Å²) in [6, 6.07) is 8.81. The van der Waals surface area contributed by atoms with E-state index in [9.17, 15) is 0 Å². The molecule has 1 saturated carbocycles. The highest BCUT2D eigenvalue weighted by Gasteiger charge is 2.17. The van der Waals surface area contributed by atoms with Crippen molar-refractivity contribution in [3.8, 4) is 5.75 Å². The van der Waals surface area contributed by atoms with E-state index < -0.39 is 0 Å². The second-order valence-corrected chi connectivity index (χ2v) is 6.42. The van der Waals surface area contributed by atoms with Gasteiger partial charge in [0.05, 0.1) is 7.11 Å². The van der Waals surface area contributed by atoms with Crippen molar-refractivity contribution >= 4 is 0 Å². The molecule has 1 aliphatic carbocycles. The molecule has 0 radical (unpaired) electrons. The van der Waals surface area contributed by atoms with Gasteiger partial charge < -0.3 is 15.0 Å². The van der Waals surface area contributed by atoms with Gasteiger partial charge in [-0.05, 0) is 57.1 Å². The lowest BCUT2D eigenvalue weighted by atomic mass is 9.89. The molecule has 1 aromatic carbocycles. The van der Waals surface area contributed by atoms with E-state index in [-0.39, 0.29) is 0 Å². The Bertz CT molecular complexity index is 413. The number of hydrogen-bond acceptors (Lipinski definition) is 3. The maximum absolute atomic E-state index is 5.35. The third-order valence-corrected chi connectivity index (χ3v) is 4.60. The molecule has 21 heavy (non-hydrogen) atoms. The SMILES string of the molecule is COc1cccc(C(CNCC2CCCCC2)N(C)C)c1. The summed E-state index contributed by atoms with van der Waals surface area (Å²) in [5.41, 5.74) is 1.32. The maximum atomic E-state index is 5.35. The second-order valence-electron chi connectivity index (χ2n) is 6.42. The predicted octanol–water partition coefficient (Wildman–Crippen LogP) is 3.47. The molecular weight excluding hydrogens is 260 g/mol. The van der Waals surface area contributed by atoms with Crippen LogP contribution in [0, 0.1) is 5.92 Å². The summed E-state index contributed by atoms with van der Waals surface area (Å²) in [6.07, 6.45) is 7.07. The molecule has 1 aliphatic rings. The van der Waals surface area contributed by atoms with Crippen molar-refractivity contribution < 1.29 is 4.74 Å². The average Bonchev–Trinajstić information content (AvgIpc) is 2.52. The fourth-order valence-electron chi connectivity index (χ4n) is 3.26. The number of rotatable bonds is 7. The first kappa shape index (κ1) is 16.3. The Kier molecular flexibility index (Phi) is 6.52. The van der Waals surface area contributed by atoms with Crippen LogP contribution in [-0.4, -0.2) is 39.2 Å². The molecule has 0 aromatic heterocycles. The van der Waals surface area contributed by atoms with E-state index in [1.165, 1.54) is 37.7 Å². The molecule has 0 bridgehead atoms. The van der Waals surface area contributed by atoms with E-state index in [0.717, 1.165) is 24.8 Å². The van der Waals surface area contributed by atoms with E-state index in [4.69, 9.17) is 4.74 Å². The Labute approximate surface area is 129 Å². The van der Waals surface area contributed by atoms with Gasteiger partial charge in [0.25, 0.3) is 0 Å². The van der Waals surface area contributed by atoms with Gasteiger partial charge >= 0.3 is 0 Å². The van der Waals surface area contributed by atoms with Gasteiger partial charge in [-0.15, -0.1) is 0 Å². The number of nitrogens with one attached hydrogen (secondary N) is 1. The van der Waals surface area contributed by atoms with Crippen LogP contribution in [0.2, 0.25) is 0 Å². The summed E-state index contributed by atoms with van der Waals surface area (Å²) in [6.45, 7) is 2.16. The maximum Gasteiger partial charge on any atom is 0.119 e. The fraction of sp³-hybridized carbons (Fsp3) is 0.667. The van der Waals surface area contributed by atoms with E-state index >= 15 is 0 Å². The van der Waals surface area contributed by atoms with Gasteiger partial charge in [-0.1, -0.05) is 31.4 Å². The van der Waals surface area contributed by atoms with Crippen LogP contribution in [0.4, 0.5) is 0 Å². The molecule has 0 amide bonds. The summed E-state index contributed by atoms with van der Waals surface area (Å²) >= 11 is 0. The zero-order valence-corrected chi connectivity index (χ0v) is 13.8. The largest absolute Gasteiger partial charge is 0.497 e. The van der Waals surface area contributed by atoms with Gasteiger partial charge in [-0.25, -0.2) is 0 Å².